The number of hydrogen-bond donors (Lipinski definition) is 2. The van der Waals surface area contributed by atoms with E-state index in [0.29, 0.717) is 12.3 Å². The van der Waals surface area contributed by atoms with Crippen LogP contribution in [0, 0.1) is 0 Å². The zero-order valence-electron chi connectivity index (χ0n) is 23.3. The number of amides is 1. The highest BCUT2D eigenvalue weighted by molar-refractivity contribution is 5.98. The van der Waals surface area contributed by atoms with E-state index < -0.39 is 11.6 Å². The Morgan fingerprint density at radius 1 is 1.13 bits per heavy atom. The second-order valence-corrected chi connectivity index (χ2v) is 10.9. The molecule has 0 aliphatic heterocycles. The first-order valence-electron chi connectivity index (χ1n) is 13.9. The molecule has 2 aromatic rings. The Labute approximate surface area is 225 Å². The molecule has 2 atom stereocenters. The van der Waals surface area contributed by atoms with E-state index in [4.69, 9.17) is 15.2 Å². The van der Waals surface area contributed by atoms with Crippen LogP contribution in [0.4, 0.5) is 0 Å². The van der Waals surface area contributed by atoms with Gasteiger partial charge in [0, 0.05) is 31.8 Å². The molecule has 3 N–H and O–H groups in total. The Morgan fingerprint density at radius 2 is 1.84 bits per heavy atom. The van der Waals surface area contributed by atoms with E-state index in [1.807, 2.05) is 30.3 Å². The zero-order chi connectivity index (χ0) is 27.7. The molecule has 1 aliphatic carbocycles. The summed E-state index contributed by atoms with van der Waals surface area (Å²) >= 11 is 0. The number of imidazole rings is 1. The molecule has 0 saturated heterocycles. The predicted octanol–water partition coefficient (Wildman–Crippen LogP) is 4.28. The maximum atomic E-state index is 13.9. The van der Waals surface area contributed by atoms with Gasteiger partial charge in [-0.15, -0.1) is 0 Å². The molecular weight excluding hydrogens is 484 g/mol. The van der Waals surface area contributed by atoms with Crippen molar-refractivity contribution < 1.29 is 19.1 Å². The first-order chi connectivity index (χ1) is 18.2. The average Bonchev–Trinajstić information content (AvgIpc) is 3.23. The molecule has 3 rings (SSSR count). The van der Waals surface area contributed by atoms with Crippen LogP contribution in [0.2, 0.25) is 0 Å². The number of rotatable bonds is 12. The highest BCUT2D eigenvalue weighted by Gasteiger charge is 2.34. The minimum atomic E-state index is -0.613. The first-order valence-corrected chi connectivity index (χ1v) is 13.9. The van der Waals surface area contributed by atoms with Gasteiger partial charge in [0.15, 0.2) is 0 Å². The second kappa shape index (κ2) is 13.8. The van der Waals surface area contributed by atoms with Crippen molar-refractivity contribution in [1.29, 1.82) is 0 Å². The quantitative estimate of drug-likeness (QED) is 0.314. The van der Waals surface area contributed by atoms with Gasteiger partial charge < -0.3 is 25.1 Å². The lowest BCUT2D eigenvalue weighted by atomic mass is 9.91. The standard InChI is InChI=1S/C29H44N4O5/c1-5-6-20-37-23-15-11-10-14-22(23)33-26(21-12-8-7-9-13-21)25(31-28(33)36)27(35)32(19-17-30)18-16-24(34)38-29(2,3)4/h7-9,12-13,22-23H,5-6,10-11,14-20,30H2,1-4H3,(H,31,36)/t22-,23-/m1/s1. The topological polar surface area (TPSA) is 120 Å². The summed E-state index contributed by atoms with van der Waals surface area (Å²) in [4.78, 5) is 44.1. The van der Waals surface area contributed by atoms with Crippen LogP contribution in [0.25, 0.3) is 11.3 Å². The van der Waals surface area contributed by atoms with Crippen LogP contribution < -0.4 is 11.4 Å². The fraction of sp³-hybridized carbons (Fsp3) is 0.621. The van der Waals surface area contributed by atoms with Gasteiger partial charge in [-0.3, -0.25) is 14.2 Å². The summed E-state index contributed by atoms with van der Waals surface area (Å²) in [6.07, 6.45) is 5.65. The van der Waals surface area contributed by atoms with Crippen LogP contribution >= 0.6 is 0 Å². The van der Waals surface area contributed by atoms with E-state index in [0.717, 1.165) is 44.1 Å². The number of esters is 1. The van der Waals surface area contributed by atoms with Crippen molar-refractivity contribution in [3.63, 3.8) is 0 Å². The van der Waals surface area contributed by atoms with Gasteiger partial charge in [0.2, 0.25) is 0 Å². The van der Waals surface area contributed by atoms with Crippen LogP contribution in [0.1, 0.15) is 89.2 Å². The van der Waals surface area contributed by atoms with Crippen molar-refractivity contribution in [3.05, 3.63) is 46.5 Å². The smallest absolute Gasteiger partial charge is 0.326 e. The molecule has 0 bridgehead atoms. The maximum absolute atomic E-state index is 13.9. The van der Waals surface area contributed by atoms with Gasteiger partial charge in [0.1, 0.15) is 11.3 Å². The number of carbonyl (C=O) groups is 2. The number of nitrogens with one attached hydrogen (secondary N) is 1. The molecule has 1 amide bonds. The van der Waals surface area contributed by atoms with E-state index >= 15 is 0 Å². The Bertz CT molecular complexity index is 1100. The molecule has 38 heavy (non-hydrogen) atoms. The van der Waals surface area contributed by atoms with Gasteiger partial charge in [0.25, 0.3) is 5.91 Å². The summed E-state index contributed by atoms with van der Waals surface area (Å²) in [5.74, 6) is -0.760. The zero-order valence-corrected chi connectivity index (χ0v) is 23.3. The van der Waals surface area contributed by atoms with Gasteiger partial charge in [0.05, 0.1) is 24.3 Å². The van der Waals surface area contributed by atoms with E-state index in [9.17, 15) is 14.4 Å². The third kappa shape index (κ3) is 7.80. The fourth-order valence-electron chi connectivity index (χ4n) is 4.99. The second-order valence-electron chi connectivity index (χ2n) is 10.9. The number of benzene rings is 1. The SMILES string of the molecule is CCCCO[C@@H]1CCCC[C@H]1n1c(-c2ccccc2)c(C(=O)N(CCN)CCC(=O)OC(C)(C)C)[nH]c1=O. The lowest BCUT2D eigenvalue weighted by Gasteiger charge is -2.33. The largest absolute Gasteiger partial charge is 0.460 e. The van der Waals surface area contributed by atoms with Crippen molar-refractivity contribution in [1.82, 2.24) is 14.5 Å². The molecule has 1 aliphatic rings. The predicted molar refractivity (Wildman–Crippen MR) is 148 cm³/mol. The Morgan fingerprint density at radius 3 is 2.50 bits per heavy atom. The highest BCUT2D eigenvalue weighted by atomic mass is 16.6. The number of unbranched alkanes of at least 4 members (excludes halogenated alkanes) is 1. The molecule has 1 aromatic heterocycles. The van der Waals surface area contributed by atoms with Crippen molar-refractivity contribution in [2.24, 2.45) is 5.73 Å². The summed E-state index contributed by atoms with van der Waals surface area (Å²) < 4.78 is 13.4. The Balaban J connectivity index is 1.99. The third-order valence-corrected chi connectivity index (χ3v) is 6.71. The summed E-state index contributed by atoms with van der Waals surface area (Å²) in [5, 5.41) is 0. The minimum Gasteiger partial charge on any atom is -0.460 e. The molecule has 1 saturated carbocycles. The van der Waals surface area contributed by atoms with Crippen molar-refractivity contribution in [2.45, 2.75) is 90.4 Å². The molecule has 9 heteroatoms. The number of aromatic amines is 1. The van der Waals surface area contributed by atoms with Gasteiger partial charge >= 0.3 is 11.7 Å². The lowest BCUT2D eigenvalue weighted by molar-refractivity contribution is -0.155. The lowest BCUT2D eigenvalue weighted by Crippen LogP contribution is -2.38. The molecule has 0 unspecified atom stereocenters. The number of hydrogen-bond acceptors (Lipinski definition) is 6. The number of H-pyrrole nitrogens is 1. The Hall–Kier alpha value is -2.91. The molecule has 0 radical (unpaired) electrons. The number of nitrogens with two attached hydrogens (primary N) is 1. The first kappa shape index (κ1) is 29.6. The number of aromatic nitrogens is 2. The number of nitrogens with zero attached hydrogens (tertiary/aromatic N) is 2. The molecule has 0 spiro atoms. The van der Waals surface area contributed by atoms with E-state index in [2.05, 4.69) is 11.9 Å². The van der Waals surface area contributed by atoms with Crippen LogP contribution in [-0.2, 0) is 14.3 Å². The summed E-state index contributed by atoms with van der Waals surface area (Å²) in [6, 6.07) is 9.31. The van der Waals surface area contributed by atoms with Crippen LogP contribution in [0.5, 0.6) is 0 Å². The molecule has 1 fully saturated rings. The number of ether oxygens (including phenoxy) is 2. The van der Waals surface area contributed by atoms with Crippen molar-refractivity contribution in [3.8, 4) is 11.3 Å². The summed E-state index contributed by atoms with van der Waals surface area (Å²) in [6.45, 7) is 8.79. The van der Waals surface area contributed by atoms with Gasteiger partial charge in [-0.25, -0.2) is 4.79 Å². The molecule has 210 valence electrons. The van der Waals surface area contributed by atoms with E-state index in [-0.39, 0.29) is 55.5 Å². The third-order valence-electron chi connectivity index (χ3n) is 6.71. The molecule has 9 nitrogen and oxygen atoms in total. The van der Waals surface area contributed by atoms with Crippen LogP contribution in [0.15, 0.2) is 35.1 Å². The van der Waals surface area contributed by atoms with Gasteiger partial charge in [-0.1, -0.05) is 56.5 Å². The summed E-state index contributed by atoms with van der Waals surface area (Å²) in [7, 11) is 0. The van der Waals surface area contributed by atoms with Crippen LogP contribution in [0.3, 0.4) is 0 Å². The minimum absolute atomic E-state index is 0.0323. The fourth-order valence-corrected chi connectivity index (χ4v) is 4.99. The Kier molecular flexibility index (Phi) is 10.7. The summed E-state index contributed by atoms with van der Waals surface area (Å²) in [5.41, 5.74) is 6.41. The van der Waals surface area contributed by atoms with Gasteiger partial charge in [-0.2, -0.15) is 0 Å². The molecular formula is C29H44N4O5. The molecule has 1 aromatic carbocycles. The normalized spacial score (nSPS) is 17.8. The van der Waals surface area contributed by atoms with Crippen LogP contribution in [-0.4, -0.2) is 64.3 Å². The number of carbonyl (C=O) groups excluding carboxylic acids is 2. The maximum Gasteiger partial charge on any atom is 0.326 e. The molecule has 1 heterocycles. The highest BCUT2D eigenvalue weighted by Crippen LogP contribution is 2.35. The van der Waals surface area contributed by atoms with Crippen molar-refractivity contribution in [2.75, 3.05) is 26.2 Å². The van der Waals surface area contributed by atoms with Gasteiger partial charge in [-0.05, 0) is 40.0 Å². The van der Waals surface area contributed by atoms with Crippen molar-refractivity contribution >= 4 is 11.9 Å². The monoisotopic (exact) mass is 528 g/mol. The average molecular weight is 529 g/mol. The van der Waals surface area contributed by atoms with E-state index in [1.54, 1.807) is 25.3 Å². The van der Waals surface area contributed by atoms with E-state index in [1.165, 1.54) is 4.90 Å².